The van der Waals surface area contributed by atoms with E-state index in [0.29, 0.717) is 0 Å². The number of rotatable bonds is 7. The second-order valence-electron chi connectivity index (χ2n) is 3.52. The summed E-state index contributed by atoms with van der Waals surface area (Å²) in [5, 5.41) is 7.66. The highest BCUT2D eigenvalue weighted by molar-refractivity contribution is 4.86. The highest BCUT2D eigenvalue weighted by Gasteiger charge is 2.76. The number of alkyl halides is 12. The van der Waals surface area contributed by atoms with Crippen LogP contribution in [0.5, 0.6) is 0 Å². The topological polar surface area (TPSA) is 38.7 Å². The van der Waals surface area contributed by atoms with Crippen LogP contribution in [-0.2, 0) is 9.47 Å². The van der Waals surface area contributed by atoms with Gasteiger partial charge >= 0.3 is 30.6 Å². The van der Waals surface area contributed by atoms with Gasteiger partial charge in [-0.05, 0) is 0 Å². The zero-order valence-electron chi connectivity index (χ0n) is 9.58. The monoisotopic (exact) mass is 364 g/mol. The van der Waals surface area contributed by atoms with Crippen molar-refractivity contribution in [3.05, 3.63) is 0 Å². The van der Waals surface area contributed by atoms with Crippen LogP contribution in [0.1, 0.15) is 0 Å². The van der Waals surface area contributed by atoms with Crippen LogP contribution in [0.25, 0.3) is 0 Å². The molecule has 22 heavy (non-hydrogen) atoms. The average molecular weight is 364 g/mol. The molecule has 0 fully saturated rings. The highest BCUT2D eigenvalue weighted by atomic mass is 19.4. The molecule has 0 aliphatic heterocycles. The largest absolute Gasteiger partial charge is 0.527 e. The maximum atomic E-state index is 12.6. The van der Waals surface area contributed by atoms with E-state index in [-0.39, 0.29) is 0 Å². The zero-order chi connectivity index (χ0) is 18.2. The van der Waals surface area contributed by atoms with Crippen LogP contribution in [0.3, 0.4) is 0 Å². The lowest BCUT2D eigenvalue weighted by Gasteiger charge is -2.32. The maximum Gasteiger partial charge on any atom is 0.527 e. The molecular formula is C7H4F12O3. The normalized spacial score (nSPS) is 16.8. The van der Waals surface area contributed by atoms with Crippen LogP contribution in [0.2, 0.25) is 0 Å². The first kappa shape index (κ1) is 21.0. The van der Waals surface area contributed by atoms with Gasteiger partial charge in [0.1, 0.15) is 0 Å². The Labute approximate surface area is 112 Å². The van der Waals surface area contributed by atoms with Crippen molar-refractivity contribution in [2.75, 3.05) is 6.61 Å². The second-order valence-corrected chi connectivity index (χ2v) is 3.52. The van der Waals surface area contributed by atoms with Gasteiger partial charge in [0.25, 0.3) is 0 Å². The molecule has 0 aliphatic carbocycles. The summed E-state index contributed by atoms with van der Waals surface area (Å²) in [6, 6.07) is 0. The molecular weight excluding hydrogens is 360 g/mol. The number of hydrogen-bond donors (Lipinski definition) is 1. The molecule has 0 aliphatic rings. The third-order valence-electron chi connectivity index (χ3n) is 1.76. The van der Waals surface area contributed by atoms with E-state index in [9.17, 15) is 52.7 Å². The molecule has 0 aromatic rings. The summed E-state index contributed by atoms with van der Waals surface area (Å²) in [6.45, 7) is -2.74. The van der Waals surface area contributed by atoms with E-state index in [1.807, 2.05) is 0 Å². The van der Waals surface area contributed by atoms with Crippen molar-refractivity contribution in [3.8, 4) is 0 Å². The van der Waals surface area contributed by atoms with Crippen LogP contribution in [0, 0.1) is 0 Å². The van der Waals surface area contributed by atoms with Gasteiger partial charge in [-0.15, -0.1) is 13.2 Å². The standard InChI is InChI=1S/C7H4F12O3/c8-2(3(9,10)20)1-21-5(13,14)4(11,12)6(15,16)22-7(17,18)19/h2,20H,1H2. The molecule has 134 valence electrons. The molecule has 0 saturated carbocycles. The van der Waals surface area contributed by atoms with Crippen molar-refractivity contribution in [1.82, 2.24) is 0 Å². The molecule has 1 N–H and O–H groups in total. The molecule has 1 unspecified atom stereocenters. The lowest BCUT2D eigenvalue weighted by molar-refractivity contribution is -0.508. The van der Waals surface area contributed by atoms with Crippen LogP contribution in [-0.4, -0.2) is 48.5 Å². The summed E-state index contributed by atoms with van der Waals surface area (Å²) in [5.74, 6) is -7.01. The summed E-state index contributed by atoms with van der Waals surface area (Å²) in [4.78, 5) is 0. The molecule has 15 heteroatoms. The van der Waals surface area contributed by atoms with Crippen LogP contribution < -0.4 is 0 Å². The summed E-state index contributed by atoms with van der Waals surface area (Å²) in [6.07, 6.45) is -29.3. The Morgan fingerprint density at radius 3 is 1.50 bits per heavy atom. The Hall–Kier alpha value is -0.960. The number of halogens is 12. The van der Waals surface area contributed by atoms with E-state index in [1.54, 1.807) is 0 Å². The minimum absolute atomic E-state index is 1.52. The first-order valence-electron chi connectivity index (χ1n) is 4.62. The molecule has 0 saturated heterocycles. The van der Waals surface area contributed by atoms with Gasteiger partial charge < -0.3 is 9.84 Å². The summed E-state index contributed by atoms with van der Waals surface area (Å²) >= 11 is 0. The van der Waals surface area contributed by atoms with Crippen molar-refractivity contribution in [3.63, 3.8) is 0 Å². The molecule has 0 aromatic heterocycles. The Morgan fingerprint density at radius 1 is 0.773 bits per heavy atom. The van der Waals surface area contributed by atoms with E-state index in [4.69, 9.17) is 5.11 Å². The first-order valence-corrected chi connectivity index (χ1v) is 4.62. The van der Waals surface area contributed by atoms with Crippen LogP contribution in [0.15, 0.2) is 0 Å². The van der Waals surface area contributed by atoms with Gasteiger partial charge in [0.05, 0.1) is 6.61 Å². The lowest BCUT2D eigenvalue weighted by atomic mass is 10.3. The molecule has 0 bridgehead atoms. The summed E-state index contributed by atoms with van der Waals surface area (Å²) < 4.78 is 149. The lowest BCUT2D eigenvalue weighted by Crippen LogP contribution is -2.58. The van der Waals surface area contributed by atoms with Gasteiger partial charge in [0.15, 0.2) is 0 Å². The molecule has 0 aromatic carbocycles. The van der Waals surface area contributed by atoms with Crippen molar-refractivity contribution < 1.29 is 67.3 Å². The highest BCUT2D eigenvalue weighted by Crippen LogP contribution is 2.49. The number of aliphatic hydroxyl groups is 1. The predicted octanol–water partition coefficient (Wildman–Crippen LogP) is 3.28. The Kier molecular flexibility index (Phi) is 5.66. The fraction of sp³-hybridized carbons (Fsp3) is 1.00. The van der Waals surface area contributed by atoms with Crippen molar-refractivity contribution in [1.29, 1.82) is 0 Å². The van der Waals surface area contributed by atoms with Crippen molar-refractivity contribution >= 4 is 0 Å². The summed E-state index contributed by atoms with van der Waals surface area (Å²) in [5.41, 5.74) is 0. The Balaban J connectivity index is 5.15. The fourth-order valence-corrected chi connectivity index (χ4v) is 0.748. The van der Waals surface area contributed by atoms with Gasteiger partial charge in [-0.25, -0.2) is 9.13 Å². The van der Waals surface area contributed by atoms with Gasteiger partial charge in [0.2, 0.25) is 6.17 Å². The smallest absolute Gasteiger partial charge is 0.334 e. The van der Waals surface area contributed by atoms with E-state index >= 15 is 0 Å². The van der Waals surface area contributed by atoms with Gasteiger partial charge in [-0.3, -0.25) is 0 Å². The molecule has 0 rings (SSSR count). The minimum atomic E-state index is -7.01. The third kappa shape index (κ3) is 5.05. The maximum absolute atomic E-state index is 12.6. The molecule has 0 heterocycles. The van der Waals surface area contributed by atoms with Crippen LogP contribution in [0.4, 0.5) is 52.7 Å². The number of ether oxygens (including phenoxy) is 2. The van der Waals surface area contributed by atoms with Gasteiger partial charge in [-0.1, -0.05) is 0 Å². The second kappa shape index (κ2) is 5.92. The average Bonchev–Trinajstić information content (AvgIpc) is 2.20. The SMILES string of the molecule is OC(F)(F)C(F)COC(F)(F)C(F)(F)C(F)(F)OC(F)(F)F. The summed E-state index contributed by atoms with van der Waals surface area (Å²) in [7, 11) is 0. The molecule has 1 atom stereocenters. The molecule has 3 nitrogen and oxygen atoms in total. The van der Waals surface area contributed by atoms with E-state index < -0.39 is 43.4 Å². The molecule has 0 spiro atoms. The predicted molar refractivity (Wildman–Crippen MR) is 40.0 cm³/mol. The van der Waals surface area contributed by atoms with E-state index in [0.717, 1.165) is 0 Å². The quantitative estimate of drug-likeness (QED) is 0.705. The fourth-order valence-electron chi connectivity index (χ4n) is 0.748. The van der Waals surface area contributed by atoms with E-state index in [2.05, 4.69) is 4.74 Å². The minimum Gasteiger partial charge on any atom is -0.334 e. The van der Waals surface area contributed by atoms with Crippen molar-refractivity contribution in [2.45, 2.75) is 36.8 Å². The first-order chi connectivity index (χ1) is 9.33. The number of hydrogen-bond acceptors (Lipinski definition) is 3. The molecule has 0 radical (unpaired) electrons. The van der Waals surface area contributed by atoms with Gasteiger partial charge in [0, 0.05) is 0 Å². The van der Waals surface area contributed by atoms with Gasteiger partial charge in [-0.2, -0.15) is 35.1 Å². The molecule has 0 amide bonds. The Bertz CT molecular complexity index is 372. The Morgan fingerprint density at radius 2 is 1.18 bits per heavy atom. The van der Waals surface area contributed by atoms with Crippen LogP contribution >= 0.6 is 0 Å². The van der Waals surface area contributed by atoms with E-state index in [1.165, 1.54) is 4.74 Å². The zero-order valence-corrected chi connectivity index (χ0v) is 9.58. The van der Waals surface area contributed by atoms with Crippen molar-refractivity contribution in [2.24, 2.45) is 0 Å². The third-order valence-corrected chi connectivity index (χ3v) is 1.76.